The number of carboxylic acids is 1. The summed E-state index contributed by atoms with van der Waals surface area (Å²) in [6, 6.07) is 0. The number of cyclic esters (lactones) is 1. The van der Waals surface area contributed by atoms with E-state index in [9.17, 15) is 9.59 Å². The third kappa shape index (κ3) is 8.68. The molecular weight excluding hydrogens is 224 g/mol. The van der Waals surface area contributed by atoms with Crippen LogP contribution < -0.4 is 0 Å². The van der Waals surface area contributed by atoms with Gasteiger partial charge in [0.05, 0.1) is 12.5 Å². The van der Waals surface area contributed by atoms with Crippen LogP contribution in [0, 0.1) is 5.92 Å². The average molecular weight is 246 g/mol. The molecule has 1 heterocycles. The first-order valence-electron chi connectivity index (χ1n) is 6.07. The van der Waals surface area contributed by atoms with Crippen molar-refractivity contribution in [1.82, 2.24) is 0 Å². The van der Waals surface area contributed by atoms with Gasteiger partial charge in [-0.3, -0.25) is 9.59 Å². The van der Waals surface area contributed by atoms with Crippen molar-refractivity contribution in [3.05, 3.63) is 0 Å². The number of aliphatic carboxylic acids is 1. The second kappa shape index (κ2) is 10.1. The molecule has 17 heavy (non-hydrogen) atoms. The summed E-state index contributed by atoms with van der Waals surface area (Å²) < 4.78 is 9.62. The van der Waals surface area contributed by atoms with Crippen LogP contribution in [0.15, 0.2) is 0 Å². The van der Waals surface area contributed by atoms with Crippen LogP contribution in [-0.2, 0) is 19.1 Å². The lowest BCUT2D eigenvalue weighted by Crippen LogP contribution is -2.24. The molecule has 0 spiro atoms. The van der Waals surface area contributed by atoms with Crippen molar-refractivity contribution in [2.24, 2.45) is 5.92 Å². The van der Waals surface area contributed by atoms with E-state index in [2.05, 4.69) is 0 Å². The zero-order valence-corrected chi connectivity index (χ0v) is 10.6. The van der Waals surface area contributed by atoms with Gasteiger partial charge in [0.1, 0.15) is 0 Å². The third-order valence-corrected chi connectivity index (χ3v) is 2.39. The molecule has 1 unspecified atom stereocenters. The van der Waals surface area contributed by atoms with Crippen LogP contribution in [0.25, 0.3) is 0 Å². The minimum atomic E-state index is -0.853. The van der Waals surface area contributed by atoms with Gasteiger partial charge in [0.2, 0.25) is 0 Å². The van der Waals surface area contributed by atoms with E-state index in [1.54, 1.807) is 0 Å². The Kier molecular flexibility index (Phi) is 9.43. The Morgan fingerprint density at radius 3 is 2.53 bits per heavy atom. The van der Waals surface area contributed by atoms with Crippen LogP contribution in [0.1, 0.15) is 39.5 Å². The molecule has 0 aromatic rings. The second-order valence-corrected chi connectivity index (χ2v) is 3.72. The molecule has 0 bridgehead atoms. The highest BCUT2D eigenvalue weighted by Gasteiger charge is 2.24. The Balaban J connectivity index is 0.000000437. The Morgan fingerprint density at radius 1 is 1.47 bits per heavy atom. The maximum absolute atomic E-state index is 11.0. The molecule has 1 rings (SSSR count). The average Bonchev–Trinajstić information content (AvgIpc) is 2.30. The molecule has 0 amide bonds. The molecule has 1 saturated heterocycles. The molecule has 1 N–H and O–H groups in total. The molecule has 1 aliphatic rings. The van der Waals surface area contributed by atoms with E-state index in [4.69, 9.17) is 14.6 Å². The first-order chi connectivity index (χ1) is 8.11. The van der Waals surface area contributed by atoms with Crippen LogP contribution in [0.4, 0.5) is 0 Å². The monoisotopic (exact) mass is 246 g/mol. The van der Waals surface area contributed by atoms with Crippen molar-refractivity contribution >= 4 is 11.9 Å². The van der Waals surface area contributed by atoms with E-state index in [-0.39, 0.29) is 18.3 Å². The molecule has 5 nitrogen and oxygen atoms in total. The van der Waals surface area contributed by atoms with Gasteiger partial charge in [-0.25, -0.2) is 0 Å². The summed E-state index contributed by atoms with van der Waals surface area (Å²) in [4.78, 5) is 21.2. The number of carboxylic acid groups (broad SMARTS) is 1. The van der Waals surface area contributed by atoms with Crippen molar-refractivity contribution in [3.8, 4) is 0 Å². The molecule has 0 aliphatic carbocycles. The summed E-state index contributed by atoms with van der Waals surface area (Å²) in [6.45, 7) is 6.16. The van der Waals surface area contributed by atoms with Gasteiger partial charge >= 0.3 is 11.9 Å². The summed E-state index contributed by atoms with van der Waals surface area (Å²) in [5.41, 5.74) is 0. The minimum Gasteiger partial charge on any atom is -0.481 e. The van der Waals surface area contributed by atoms with Crippen molar-refractivity contribution in [3.63, 3.8) is 0 Å². The molecule has 1 aliphatic heterocycles. The molecule has 1 fully saturated rings. The van der Waals surface area contributed by atoms with Crippen LogP contribution in [0.5, 0.6) is 0 Å². The van der Waals surface area contributed by atoms with Crippen molar-refractivity contribution in [1.29, 1.82) is 0 Å². The largest absolute Gasteiger partial charge is 0.481 e. The van der Waals surface area contributed by atoms with E-state index in [1.807, 2.05) is 13.8 Å². The predicted molar refractivity (Wildman–Crippen MR) is 62.7 cm³/mol. The van der Waals surface area contributed by atoms with Crippen LogP contribution in [0.2, 0.25) is 0 Å². The number of rotatable bonds is 5. The smallest absolute Gasteiger partial charge is 0.308 e. The Bertz CT molecular complexity index is 225. The zero-order valence-electron chi connectivity index (χ0n) is 10.6. The normalized spacial score (nSPS) is 18.9. The molecule has 0 saturated carbocycles. The topological polar surface area (TPSA) is 72.8 Å². The molecule has 0 aromatic carbocycles. The fourth-order valence-electron chi connectivity index (χ4n) is 1.50. The van der Waals surface area contributed by atoms with Crippen LogP contribution in [0.3, 0.4) is 0 Å². The lowest BCUT2D eigenvalue weighted by molar-refractivity contribution is -0.153. The third-order valence-electron chi connectivity index (χ3n) is 2.39. The van der Waals surface area contributed by atoms with Crippen LogP contribution in [-0.4, -0.2) is 36.9 Å². The van der Waals surface area contributed by atoms with E-state index < -0.39 is 5.97 Å². The molecule has 0 radical (unpaired) electrons. The second-order valence-electron chi connectivity index (χ2n) is 3.72. The SMILES string of the molecule is CCOCC.O=C(O)CCC1CCCOC1=O. The Labute approximate surface area is 102 Å². The lowest BCUT2D eigenvalue weighted by atomic mass is 9.96. The standard InChI is InChI=1S/C8H12O4.C4H10O/c9-7(10)4-3-6-2-1-5-12-8(6)11;1-3-5-4-2/h6H,1-5H2,(H,9,10);3-4H2,1-2H3. The lowest BCUT2D eigenvalue weighted by Gasteiger charge is -2.19. The fourth-order valence-corrected chi connectivity index (χ4v) is 1.50. The van der Waals surface area contributed by atoms with Gasteiger partial charge in [-0.1, -0.05) is 0 Å². The highest BCUT2D eigenvalue weighted by atomic mass is 16.5. The Hall–Kier alpha value is -1.10. The number of hydrogen-bond acceptors (Lipinski definition) is 4. The van der Waals surface area contributed by atoms with E-state index >= 15 is 0 Å². The quantitative estimate of drug-likeness (QED) is 0.749. The maximum Gasteiger partial charge on any atom is 0.308 e. The van der Waals surface area contributed by atoms with Gasteiger partial charge < -0.3 is 14.6 Å². The van der Waals surface area contributed by atoms with E-state index in [1.165, 1.54) is 0 Å². The van der Waals surface area contributed by atoms with Gasteiger partial charge in [-0.2, -0.15) is 0 Å². The summed E-state index contributed by atoms with van der Waals surface area (Å²) in [5, 5.41) is 8.38. The van der Waals surface area contributed by atoms with Gasteiger partial charge in [0.15, 0.2) is 0 Å². The zero-order chi connectivity index (χ0) is 13.1. The summed E-state index contributed by atoms with van der Waals surface area (Å²) >= 11 is 0. The van der Waals surface area contributed by atoms with E-state index in [0.29, 0.717) is 13.0 Å². The van der Waals surface area contributed by atoms with Crippen molar-refractivity contribution in [2.45, 2.75) is 39.5 Å². The summed E-state index contributed by atoms with van der Waals surface area (Å²) in [6.07, 6.45) is 2.09. The number of hydrogen-bond donors (Lipinski definition) is 1. The molecular formula is C12H22O5. The van der Waals surface area contributed by atoms with E-state index in [0.717, 1.165) is 26.1 Å². The van der Waals surface area contributed by atoms with Gasteiger partial charge in [-0.15, -0.1) is 0 Å². The summed E-state index contributed by atoms with van der Waals surface area (Å²) in [7, 11) is 0. The molecule has 0 aromatic heterocycles. The first kappa shape index (κ1) is 15.9. The highest BCUT2D eigenvalue weighted by molar-refractivity contribution is 5.74. The molecule has 100 valence electrons. The van der Waals surface area contributed by atoms with Gasteiger partial charge in [0.25, 0.3) is 0 Å². The highest BCUT2D eigenvalue weighted by Crippen LogP contribution is 2.19. The fraction of sp³-hybridized carbons (Fsp3) is 0.833. The van der Waals surface area contributed by atoms with Gasteiger partial charge in [-0.05, 0) is 33.1 Å². The van der Waals surface area contributed by atoms with Gasteiger partial charge in [0, 0.05) is 19.6 Å². The Morgan fingerprint density at radius 2 is 2.12 bits per heavy atom. The number of esters is 1. The van der Waals surface area contributed by atoms with Crippen molar-refractivity contribution in [2.75, 3.05) is 19.8 Å². The predicted octanol–water partition coefficient (Wildman–Crippen LogP) is 1.85. The minimum absolute atomic E-state index is 0.0553. The van der Waals surface area contributed by atoms with Crippen LogP contribution >= 0.6 is 0 Å². The summed E-state index contributed by atoms with van der Waals surface area (Å²) in [5.74, 6) is -1.27. The number of carbonyl (C=O) groups is 2. The number of ether oxygens (including phenoxy) is 2. The molecule has 5 heteroatoms. The maximum atomic E-state index is 11.0. The number of carbonyl (C=O) groups excluding carboxylic acids is 1. The molecule has 1 atom stereocenters. The van der Waals surface area contributed by atoms with Crippen molar-refractivity contribution < 1.29 is 24.2 Å². The first-order valence-corrected chi connectivity index (χ1v) is 6.07.